The van der Waals surface area contributed by atoms with Crippen LogP contribution in [0.3, 0.4) is 0 Å². The Kier molecular flexibility index (Phi) is 5.67. The third-order valence-electron chi connectivity index (χ3n) is 2.94. The standard InChI is InChI=1S/C15H22ClNO/c1-11(2)17(12(3)4)15(18)10-7-13-5-8-14(16)9-6-13/h5-6,8-9,11-12H,7,10H2,1-4H3. The van der Waals surface area contributed by atoms with Crippen molar-refractivity contribution in [3.05, 3.63) is 34.9 Å². The summed E-state index contributed by atoms with van der Waals surface area (Å²) in [6, 6.07) is 8.19. The van der Waals surface area contributed by atoms with Gasteiger partial charge < -0.3 is 4.90 Å². The molecule has 2 nitrogen and oxygen atoms in total. The van der Waals surface area contributed by atoms with Gasteiger partial charge in [-0.3, -0.25) is 4.79 Å². The number of nitrogens with zero attached hydrogens (tertiary/aromatic N) is 1. The average molecular weight is 268 g/mol. The smallest absolute Gasteiger partial charge is 0.223 e. The Balaban J connectivity index is 2.57. The van der Waals surface area contributed by atoms with E-state index in [1.54, 1.807) is 0 Å². The van der Waals surface area contributed by atoms with E-state index >= 15 is 0 Å². The van der Waals surface area contributed by atoms with Crippen LogP contribution in [0.4, 0.5) is 0 Å². The first-order valence-corrected chi connectivity index (χ1v) is 6.85. The van der Waals surface area contributed by atoms with Crippen molar-refractivity contribution in [1.82, 2.24) is 4.90 Å². The van der Waals surface area contributed by atoms with Gasteiger partial charge in [0.2, 0.25) is 5.91 Å². The molecule has 1 aromatic carbocycles. The van der Waals surface area contributed by atoms with Gasteiger partial charge in [0.25, 0.3) is 0 Å². The molecule has 1 amide bonds. The number of halogens is 1. The van der Waals surface area contributed by atoms with Crippen molar-refractivity contribution in [2.24, 2.45) is 0 Å². The maximum Gasteiger partial charge on any atom is 0.223 e. The molecule has 0 radical (unpaired) electrons. The second-order valence-corrected chi connectivity index (χ2v) is 5.55. The molecule has 0 aromatic heterocycles. The first-order valence-electron chi connectivity index (χ1n) is 6.47. The van der Waals surface area contributed by atoms with E-state index in [4.69, 9.17) is 11.6 Å². The van der Waals surface area contributed by atoms with Crippen LogP contribution in [0.1, 0.15) is 39.7 Å². The first-order chi connectivity index (χ1) is 8.41. The quantitative estimate of drug-likeness (QED) is 0.792. The number of amides is 1. The number of benzene rings is 1. The lowest BCUT2D eigenvalue weighted by Crippen LogP contribution is -2.42. The van der Waals surface area contributed by atoms with Gasteiger partial charge in [0.15, 0.2) is 0 Å². The van der Waals surface area contributed by atoms with Crippen LogP contribution in [0.2, 0.25) is 5.02 Å². The highest BCUT2D eigenvalue weighted by Gasteiger charge is 2.19. The summed E-state index contributed by atoms with van der Waals surface area (Å²) in [6.45, 7) is 8.22. The van der Waals surface area contributed by atoms with Gasteiger partial charge in [-0.05, 0) is 51.8 Å². The van der Waals surface area contributed by atoms with Crippen molar-refractivity contribution in [3.8, 4) is 0 Å². The molecule has 0 fully saturated rings. The average Bonchev–Trinajstić information content (AvgIpc) is 2.27. The molecule has 100 valence electrons. The lowest BCUT2D eigenvalue weighted by molar-refractivity contribution is -0.134. The molecule has 0 aliphatic carbocycles. The summed E-state index contributed by atoms with van der Waals surface area (Å²) < 4.78 is 0. The summed E-state index contributed by atoms with van der Waals surface area (Å²) in [6.07, 6.45) is 1.32. The number of hydrogen-bond acceptors (Lipinski definition) is 1. The molecule has 0 aliphatic rings. The lowest BCUT2D eigenvalue weighted by Gasteiger charge is -2.30. The summed E-state index contributed by atoms with van der Waals surface area (Å²) in [4.78, 5) is 14.1. The summed E-state index contributed by atoms with van der Waals surface area (Å²) >= 11 is 5.83. The zero-order valence-electron chi connectivity index (χ0n) is 11.6. The van der Waals surface area contributed by atoms with E-state index in [2.05, 4.69) is 27.7 Å². The normalized spacial score (nSPS) is 11.1. The van der Waals surface area contributed by atoms with Gasteiger partial charge in [-0.2, -0.15) is 0 Å². The van der Waals surface area contributed by atoms with E-state index in [1.807, 2.05) is 29.2 Å². The number of rotatable bonds is 5. The van der Waals surface area contributed by atoms with Crippen LogP contribution in [0.5, 0.6) is 0 Å². The minimum absolute atomic E-state index is 0.218. The number of aryl methyl sites for hydroxylation is 1. The molecule has 1 aromatic rings. The second kappa shape index (κ2) is 6.79. The fourth-order valence-corrected chi connectivity index (χ4v) is 2.33. The maximum atomic E-state index is 12.2. The molecule has 0 spiro atoms. The minimum Gasteiger partial charge on any atom is -0.338 e. The van der Waals surface area contributed by atoms with Crippen LogP contribution in [0, 0.1) is 0 Å². The van der Waals surface area contributed by atoms with Gasteiger partial charge >= 0.3 is 0 Å². The number of hydrogen-bond donors (Lipinski definition) is 0. The molecule has 0 aliphatic heterocycles. The highest BCUT2D eigenvalue weighted by atomic mass is 35.5. The largest absolute Gasteiger partial charge is 0.338 e. The second-order valence-electron chi connectivity index (χ2n) is 5.11. The van der Waals surface area contributed by atoms with Crippen LogP contribution in [0.15, 0.2) is 24.3 Å². The van der Waals surface area contributed by atoms with Crippen LogP contribution in [-0.4, -0.2) is 22.9 Å². The summed E-state index contributed by atoms with van der Waals surface area (Å²) in [5, 5.41) is 0.732. The van der Waals surface area contributed by atoms with Crippen molar-refractivity contribution >= 4 is 17.5 Å². The minimum atomic E-state index is 0.218. The van der Waals surface area contributed by atoms with E-state index in [0.29, 0.717) is 6.42 Å². The number of carbonyl (C=O) groups is 1. The molecule has 18 heavy (non-hydrogen) atoms. The third-order valence-corrected chi connectivity index (χ3v) is 3.19. The predicted octanol–water partition coefficient (Wildman–Crippen LogP) is 3.92. The highest BCUT2D eigenvalue weighted by Crippen LogP contribution is 2.13. The van der Waals surface area contributed by atoms with Gasteiger partial charge in [0, 0.05) is 23.5 Å². The topological polar surface area (TPSA) is 20.3 Å². The van der Waals surface area contributed by atoms with Crippen molar-refractivity contribution < 1.29 is 4.79 Å². The lowest BCUT2D eigenvalue weighted by atomic mass is 10.1. The molecule has 0 bridgehead atoms. The van der Waals surface area contributed by atoms with Crippen molar-refractivity contribution in [2.75, 3.05) is 0 Å². The molecule has 0 atom stereocenters. The summed E-state index contributed by atoms with van der Waals surface area (Å²) in [5.74, 6) is 0.218. The Morgan fingerprint density at radius 1 is 1.11 bits per heavy atom. The highest BCUT2D eigenvalue weighted by molar-refractivity contribution is 6.30. The van der Waals surface area contributed by atoms with Gasteiger partial charge in [-0.15, -0.1) is 0 Å². The van der Waals surface area contributed by atoms with E-state index in [1.165, 1.54) is 0 Å². The Bertz CT molecular complexity index is 376. The van der Waals surface area contributed by atoms with Crippen molar-refractivity contribution in [2.45, 2.75) is 52.6 Å². The molecule has 0 saturated carbocycles. The van der Waals surface area contributed by atoms with Crippen molar-refractivity contribution in [3.63, 3.8) is 0 Å². The first kappa shape index (κ1) is 15.0. The maximum absolute atomic E-state index is 12.2. The molecule has 3 heteroatoms. The Morgan fingerprint density at radius 3 is 2.06 bits per heavy atom. The predicted molar refractivity (Wildman–Crippen MR) is 76.9 cm³/mol. The fourth-order valence-electron chi connectivity index (χ4n) is 2.20. The monoisotopic (exact) mass is 267 g/mol. The fraction of sp³-hybridized carbons (Fsp3) is 0.533. The molecule has 0 saturated heterocycles. The molecule has 0 unspecified atom stereocenters. The number of carbonyl (C=O) groups excluding carboxylic acids is 1. The van der Waals surface area contributed by atoms with Gasteiger partial charge in [-0.25, -0.2) is 0 Å². The van der Waals surface area contributed by atoms with Crippen LogP contribution in [-0.2, 0) is 11.2 Å². The molecular formula is C15H22ClNO. The van der Waals surface area contributed by atoms with Crippen molar-refractivity contribution in [1.29, 1.82) is 0 Å². The van der Waals surface area contributed by atoms with Gasteiger partial charge in [-0.1, -0.05) is 23.7 Å². The van der Waals surface area contributed by atoms with E-state index in [-0.39, 0.29) is 18.0 Å². The van der Waals surface area contributed by atoms with E-state index < -0.39 is 0 Å². The molecular weight excluding hydrogens is 246 g/mol. The van der Waals surface area contributed by atoms with Gasteiger partial charge in [0.05, 0.1) is 0 Å². The van der Waals surface area contributed by atoms with Crippen LogP contribution < -0.4 is 0 Å². The molecule has 1 rings (SSSR count). The Hall–Kier alpha value is -1.02. The third kappa shape index (κ3) is 4.34. The zero-order valence-corrected chi connectivity index (χ0v) is 12.4. The summed E-state index contributed by atoms with van der Waals surface area (Å²) in [5.41, 5.74) is 1.15. The Morgan fingerprint density at radius 2 is 1.61 bits per heavy atom. The molecule has 0 heterocycles. The Labute approximate surface area is 115 Å². The summed E-state index contributed by atoms with van der Waals surface area (Å²) in [7, 11) is 0. The van der Waals surface area contributed by atoms with E-state index in [9.17, 15) is 4.79 Å². The molecule has 0 N–H and O–H groups in total. The van der Waals surface area contributed by atoms with Crippen LogP contribution >= 0.6 is 11.6 Å². The van der Waals surface area contributed by atoms with E-state index in [0.717, 1.165) is 17.0 Å². The van der Waals surface area contributed by atoms with Crippen LogP contribution in [0.25, 0.3) is 0 Å². The SMILES string of the molecule is CC(C)N(C(=O)CCc1ccc(Cl)cc1)C(C)C. The zero-order chi connectivity index (χ0) is 13.7. The van der Waals surface area contributed by atoms with Gasteiger partial charge in [0.1, 0.15) is 0 Å².